The van der Waals surface area contributed by atoms with Crippen molar-refractivity contribution in [3.8, 4) is 17.2 Å². The average Bonchev–Trinajstić information content (AvgIpc) is 3.27. The number of halogens is 1. The number of fused-ring (bicyclic) bond motifs is 2. The number of sulfonamides is 1. The van der Waals surface area contributed by atoms with Crippen molar-refractivity contribution in [2.24, 2.45) is 0 Å². The van der Waals surface area contributed by atoms with Gasteiger partial charge in [0.2, 0.25) is 6.79 Å². The highest BCUT2D eigenvalue weighted by atomic mass is 35.5. The molecule has 1 aromatic heterocycles. The predicted octanol–water partition coefficient (Wildman–Crippen LogP) is 4.56. The van der Waals surface area contributed by atoms with E-state index in [9.17, 15) is 8.42 Å². The second-order valence-electron chi connectivity index (χ2n) is 7.03. The van der Waals surface area contributed by atoms with Crippen molar-refractivity contribution in [3.05, 3.63) is 65.7 Å². The summed E-state index contributed by atoms with van der Waals surface area (Å²) < 4.78 is 44.6. The summed E-state index contributed by atoms with van der Waals surface area (Å²) in [4.78, 5) is 9.12. The largest absolute Gasteiger partial charge is 0.497 e. The monoisotopic (exact) mass is 484 g/mol. The van der Waals surface area contributed by atoms with Crippen molar-refractivity contribution in [3.63, 3.8) is 0 Å². The molecule has 4 aromatic rings. The number of nitrogens with zero attached hydrogens (tertiary/aromatic N) is 2. The summed E-state index contributed by atoms with van der Waals surface area (Å²) >= 11 is 5.89. The van der Waals surface area contributed by atoms with Crippen molar-refractivity contribution in [2.75, 3.05) is 23.9 Å². The van der Waals surface area contributed by atoms with Gasteiger partial charge < -0.3 is 19.5 Å². The first kappa shape index (κ1) is 21.1. The third kappa shape index (κ3) is 4.30. The highest BCUT2D eigenvalue weighted by molar-refractivity contribution is 7.92. The first-order valence-corrected chi connectivity index (χ1v) is 11.6. The van der Waals surface area contributed by atoms with E-state index in [1.54, 1.807) is 43.5 Å². The van der Waals surface area contributed by atoms with Crippen LogP contribution in [0.1, 0.15) is 0 Å². The molecular weight excluding hydrogens is 468 g/mol. The molecule has 0 unspecified atom stereocenters. The van der Waals surface area contributed by atoms with Gasteiger partial charge in [-0.05, 0) is 48.5 Å². The van der Waals surface area contributed by atoms with Gasteiger partial charge in [-0.3, -0.25) is 4.72 Å². The Balaban J connectivity index is 1.57. The zero-order chi connectivity index (χ0) is 23.0. The lowest BCUT2D eigenvalue weighted by molar-refractivity contribution is 0.174. The van der Waals surface area contributed by atoms with Gasteiger partial charge in [-0.15, -0.1) is 0 Å². The summed E-state index contributed by atoms with van der Waals surface area (Å²) in [5, 5.41) is 3.55. The Morgan fingerprint density at radius 1 is 0.909 bits per heavy atom. The second-order valence-corrected chi connectivity index (χ2v) is 9.15. The Bertz CT molecular complexity index is 1460. The number of hydrogen-bond acceptors (Lipinski definition) is 8. The van der Waals surface area contributed by atoms with Crippen LogP contribution in [-0.2, 0) is 10.0 Å². The number of methoxy groups -OCH3 is 1. The second kappa shape index (κ2) is 8.30. The third-order valence-corrected chi connectivity index (χ3v) is 6.47. The number of ether oxygens (including phenoxy) is 3. The summed E-state index contributed by atoms with van der Waals surface area (Å²) in [5.41, 5.74) is 1.62. The lowest BCUT2D eigenvalue weighted by atomic mass is 10.2. The molecule has 0 amide bonds. The van der Waals surface area contributed by atoms with Crippen LogP contribution in [0.25, 0.3) is 11.0 Å². The Morgan fingerprint density at radius 2 is 1.67 bits per heavy atom. The molecule has 33 heavy (non-hydrogen) atoms. The van der Waals surface area contributed by atoms with Gasteiger partial charge in [0.1, 0.15) is 5.75 Å². The topological polar surface area (TPSA) is 112 Å². The highest BCUT2D eigenvalue weighted by Crippen LogP contribution is 2.36. The van der Waals surface area contributed by atoms with Crippen molar-refractivity contribution in [2.45, 2.75) is 4.90 Å². The molecule has 0 radical (unpaired) electrons. The SMILES string of the molecule is COc1ccc2nc(NS(=O)(=O)c3ccc(Cl)cc3)c(Nc3ccc4c(c3)OCO4)nc2c1. The van der Waals surface area contributed by atoms with E-state index in [0.29, 0.717) is 39.0 Å². The fourth-order valence-electron chi connectivity index (χ4n) is 3.23. The van der Waals surface area contributed by atoms with Gasteiger partial charge in [-0.1, -0.05) is 11.6 Å². The van der Waals surface area contributed by atoms with E-state index in [-0.39, 0.29) is 23.3 Å². The van der Waals surface area contributed by atoms with Gasteiger partial charge >= 0.3 is 0 Å². The smallest absolute Gasteiger partial charge is 0.263 e. The Hall–Kier alpha value is -3.76. The lowest BCUT2D eigenvalue weighted by Crippen LogP contribution is -2.16. The quantitative estimate of drug-likeness (QED) is 0.409. The number of nitrogens with one attached hydrogen (secondary N) is 2. The van der Waals surface area contributed by atoms with Gasteiger partial charge in [0.15, 0.2) is 23.1 Å². The molecule has 2 N–H and O–H groups in total. The molecule has 9 nitrogen and oxygen atoms in total. The third-order valence-electron chi connectivity index (χ3n) is 4.86. The fourth-order valence-corrected chi connectivity index (χ4v) is 4.37. The van der Waals surface area contributed by atoms with Crippen LogP contribution in [0.3, 0.4) is 0 Å². The minimum Gasteiger partial charge on any atom is -0.497 e. The van der Waals surface area contributed by atoms with Gasteiger partial charge in [-0.25, -0.2) is 18.4 Å². The van der Waals surface area contributed by atoms with Crippen LogP contribution < -0.4 is 24.2 Å². The predicted molar refractivity (Wildman–Crippen MR) is 124 cm³/mol. The van der Waals surface area contributed by atoms with E-state index in [2.05, 4.69) is 20.0 Å². The molecule has 168 valence electrons. The molecule has 2 heterocycles. The molecule has 1 aliphatic heterocycles. The van der Waals surface area contributed by atoms with Crippen LogP contribution in [0.5, 0.6) is 17.2 Å². The minimum absolute atomic E-state index is 0.0280. The Morgan fingerprint density at radius 3 is 2.45 bits per heavy atom. The molecule has 0 spiro atoms. The summed E-state index contributed by atoms with van der Waals surface area (Å²) in [7, 11) is -2.41. The normalized spacial score (nSPS) is 12.5. The molecule has 0 saturated heterocycles. The Labute approximate surface area is 194 Å². The van der Waals surface area contributed by atoms with Crippen LogP contribution in [0.2, 0.25) is 5.02 Å². The van der Waals surface area contributed by atoms with E-state index in [0.717, 1.165) is 0 Å². The molecule has 3 aromatic carbocycles. The van der Waals surface area contributed by atoms with Gasteiger partial charge in [0.05, 0.1) is 23.0 Å². The lowest BCUT2D eigenvalue weighted by Gasteiger charge is -2.14. The van der Waals surface area contributed by atoms with Crippen LogP contribution >= 0.6 is 11.6 Å². The minimum atomic E-state index is -3.96. The molecule has 0 saturated carbocycles. The van der Waals surface area contributed by atoms with Crippen LogP contribution in [-0.4, -0.2) is 32.3 Å². The molecule has 5 rings (SSSR count). The molecular formula is C22H17ClN4O5S. The van der Waals surface area contributed by atoms with Crippen LogP contribution in [0.15, 0.2) is 65.6 Å². The molecule has 0 aliphatic carbocycles. The zero-order valence-corrected chi connectivity index (χ0v) is 18.8. The van der Waals surface area contributed by atoms with E-state index in [4.69, 9.17) is 25.8 Å². The number of anilines is 3. The molecule has 0 bridgehead atoms. The molecule has 0 atom stereocenters. The summed E-state index contributed by atoms with van der Waals surface area (Å²) in [5.74, 6) is 2.02. The highest BCUT2D eigenvalue weighted by Gasteiger charge is 2.20. The van der Waals surface area contributed by atoms with E-state index < -0.39 is 10.0 Å². The first-order chi connectivity index (χ1) is 15.9. The van der Waals surface area contributed by atoms with Crippen LogP contribution in [0.4, 0.5) is 17.3 Å². The maximum absolute atomic E-state index is 13.0. The fraction of sp³-hybridized carbons (Fsp3) is 0.0909. The van der Waals surface area contributed by atoms with Crippen molar-refractivity contribution in [1.82, 2.24) is 9.97 Å². The zero-order valence-electron chi connectivity index (χ0n) is 17.2. The van der Waals surface area contributed by atoms with Crippen molar-refractivity contribution < 1.29 is 22.6 Å². The first-order valence-electron chi connectivity index (χ1n) is 9.72. The van der Waals surface area contributed by atoms with Gasteiger partial charge in [-0.2, -0.15) is 0 Å². The average molecular weight is 485 g/mol. The standard InChI is InChI=1S/C22H17ClN4O5S/c1-30-15-5-8-17-18(11-15)26-21(24-14-4-9-19-20(10-14)32-12-31-19)22(25-17)27-33(28,29)16-6-2-13(23)3-7-16/h2-11H,12H2,1H3,(H,24,26)(H,25,27). The summed E-state index contributed by atoms with van der Waals surface area (Å²) in [6.45, 7) is 0.139. The van der Waals surface area contributed by atoms with Gasteiger partial charge in [0.25, 0.3) is 10.0 Å². The summed E-state index contributed by atoms with van der Waals surface area (Å²) in [6.07, 6.45) is 0. The van der Waals surface area contributed by atoms with E-state index in [1.165, 1.54) is 24.3 Å². The number of hydrogen-bond donors (Lipinski definition) is 2. The number of benzene rings is 3. The van der Waals surface area contributed by atoms with Crippen molar-refractivity contribution in [1.29, 1.82) is 0 Å². The molecule has 1 aliphatic rings. The maximum atomic E-state index is 13.0. The molecule has 0 fully saturated rings. The van der Waals surface area contributed by atoms with E-state index in [1.807, 2.05) is 0 Å². The Kier molecular flexibility index (Phi) is 5.31. The molecule has 11 heteroatoms. The summed E-state index contributed by atoms with van der Waals surface area (Å²) in [6, 6.07) is 16.2. The number of aromatic nitrogens is 2. The van der Waals surface area contributed by atoms with Crippen LogP contribution in [0, 0.1) is 0 Å². The number of rotatable bonds is 6. The van der Waals surface area contributed by atoms with Gasteiger partial charge in [0, 0.05) is 22.8 Å². The van der Waals surface area contributed by atoms with E-state index >= 15 is 0 Å². The maximum Gasteiger partial charge on any atom is 0.263 e. The van der Waals surface area contributed by atoms with Crippen molar-refractivity contribution >= 4 is 50.0 Å².